The van der Waals surface area contributed by atoms with Crippen LogP contribution in [0.1, 0.15) is 25.0 Å². The van der Waals surface area contributed by atoms with Crippen LogP contribution in [-0.2, 0) is 17.8 Å². The molecule has 1 N–H and O–H groups in total. The summed E-state index contributed by atoms with van der Waals surface area (Å²) in [5.74, 6) is 1.02. The van der Waals surface area contributed by atoms with Crippen LogP contribution >= 0.6 is 15.9 Å². The fraction of sp³-hybridized carbons (Fsp3) is 0.571. The molecule has 18 heavy (non-hydrogen) atoms. The number of fused-ring (bicyclic) bond motifs is 1. The maximum absolute atomic E-state index is 5.69. The van der Waals surface area contributed by atoms with Gasteiger partial charge in [0.2, 0.25) is 0 Å². The highest BCUT2D eigenvalue weighted by Gasteiger charge is 2.17. The van der Waals surface area contributed by atoms with Crippen molar-refractivity contribution in [1.29, 1.82) is 0 Å². The van der Waals surface area contributed by atoms with Crippen molar-refractivity contribution in [2.75, 3.05) is 19.8 Å². The molecule has 0 spiro atoms. The van der Waals surface area contributed by atoms with E-state index in [1.54, 1.807) is 0 Å². The van der Waals surface area contributed by atoms with Gasteiger partial charge in [0.15, 0.2) is 0 Å². The predicted octanol–water partition coefficient (Wildman–Crippen LogP) is 2.90. The van der Waals surface area contributed by atoms with Crippen molar-refractivity contribution in [2.45, 2.75) is 32.9 Å². The summed E-state index contributed by atoms with van der Waals surface area (Å²) in [6.45, 7) is 7.27. The maximum atomic E-state index is 5.69. The number of halogens is 1. The van der Waals surface area contributed by atoms with E-state index in [1.165, 1.54) is 5.56 Å². The number of hydrogen-bond acceptors (Lipinski definition) is 3. The normalized spacial score (nSPS) is 13.8. The summed E-state index contributed by atoms with van der Waals surface area (Å²) < 4.78 is 12.5. The monoisotopic (exact) mass is 313 g/mol. The minimum absolute atomic E-state index is 0.507. The van der Waals surface area contributed by atoms with E-state index in [2.05, 4.69) is 47.2 Å². The molecule has 3 nitrogen and oxygen atoms in total. The number of hydrogen-bond donors (Lipinski definition) is 1. The summed E-state index contributed by atoms with van der Waals surface area (Å²) >= 11 is 3.53. The lowest BCUT2D eigenvalue weighted by Gasteiger charge is -2.11. The van der Waals surface area contributed by atoms with Gasteiger partial charge < -0.3 is 14.8 Å². The van der Waals surface area contributed by atoms with Gasteiger partial charge in [-0.2, -0.15) is 0 Å². The molecule has 2 rings (SSSR count). The molecule has 1 heterocycles. The molecule has 100 valence electrons. The number of nitrogens with one attached hydrogen (secondary N) is 1. The molecule has 4 heteroatoms. The molecule has 1 aromatic rings. The Morgan fingerprint density at radius 3 is 3.06 bits per heavy atom. The van der Waals surface area contributed by atoms with Gasteiger partial charge in [0, 0.05) is 29.0 Å². The van der Waals surface area contributed by atoms with Gasteiger partial charge in [-0.15, -0.1) is 0 Å². The average Bonchev–Trinajstić information content (AvgIpc) is 2.75. The topological polar surface area (TPSA) is 30.5 Å². The third-order valence-corrected chi connectivity index (χ3v) is 3.34. The van der Waals surface area contributed by atoms with E-state index in [0.29, 0.717) is 12.6 Å². The molecule has 1 aromatic carbocycles. The molecule has 0 saturated heterocycles. The van der Waals surface area contributed by atoms with Gasteiger partial charge >= 0.3 is 0 Å². The molecule has 0 bridgehead atoms. The Morgan fingerprint density at radius 1 is 1.44 bits per heavy atom. The second kappa shape index (κ2) is 6.55. The molecule has 0 radical (unpaired) electrons. The van der Waals surface area contributed by atoms with Crippen molar-refractivity contribution < 1.29 is 9.47 Å². The van der Waals surface area contributed by atoms with E-state index < -0.39 is 0 Å². The summed E-state index contributed by atoms with van der Waals surface area (Å²) in [4.78, 5) is 0. The maximum Gasteiger partial charge on any atom is 0.128 e. The minimum atomic E-state index is 0.507. The molecule has 0 aliphatic carbocycles. The molecule has 0 aromatic heterocycles. The van der Waals surface area contributed by atoms with Crippen molar-refractivity contribution in [3.63, 3.8) is 0 Å². The highest BCUT2D eigenvalue weighted by atomic mass is 79.9. The number of rotatable bonds is 6. The first-order chi connectivity index (χ1) is 8.66. The third-order valence-electron chi connectivity index (χ3n) is 2.88. The lowest BCUT2D eigenvalue weighted by atomic mass is 10.1. The van der Waals surface area contributed by atoms with Crippen LogP contribution in [0.4, 0.5) is 0 Å². The fourth-order valence-corrected chi connectivity index (χ4v) is 2.61. The van der Waals surface area contributed by atoms with Gasteiger partial charge in [-0.05, 0) is 17.7 Å². The Hall–Kier alpha value is -0.580. The first kappa shape index (κ1) is 13.8. The molecule has 1 aliphatic heterocycles. The van der Waals surface area contributed by atoms with Gasteiger partial charge in [-0.1, -0.05) is 29.8 Å². The fourth-order valence-electron chi connectivity index (χ4n) is 2.06. The van der Waals surface area contributed by atoms with E-state index in [0.717, 1.165) is 42.0 Å². The molecule has 1 aliphatic rings. The summed E-state index contributed by atoms with van der Waals surface area (Å²) in [5.41, 5.74) is 2.42. The average molecular weight is 314 g/mol. The van der Waals surface area contributed by atoms with Crippen molar-refractivity contribution in [2.24, 2.45) is 0 Å². The van der Waals surface area contributed by atoms with Crippen molar-refractivity contribution in [3.8, 4) is 5.75 Å². The van der Waals surface area contributed by atoms with Gasteiger partial charge in [-0.25, -0.2) is 0 Å². The summed E-state index contributed by atoms with van der Waals surface area (Å²) in [5, 5.41) is 3.33. The van der Waals surface area contributed by atoms with E-state index in [1.807, 2.05) is 0 Å². The van der Waals surface area contributed by atoms with Crippen molar-refractivity contribution >= 4 is 15.9 Å². The number of ether oxygens (including phenoxy) is 2. The van der Waals surface area contributed by atoms with Crippen LogP contribution in [0.5, 0.6) is 5.75 Å². The van der Waals surface area contributed by atoms with Crippen LogP contribution in [0.2, 0.25) is 0 Å². The van der Waals surface area contributed by atoms with Crippen LogP contribution < -0.4 is 10.1 Å². The second-order valence-electron chi connectivity index (χ2n) is 4.81. The quantitative estimate of drug-likeness (QED) is 0.819. The molecular weight excluding hydrogens is 294 g/mol. The second-order valence-corrected chi connectivity index (χ2v) is 5.73. The Labute approximate surface area is 117 Å². The largest absolute Gasteiger partial charge is 0.493 e. The summed E-state index contributed by atoms with van der Waals surface area (Å²) in [6, 6.07) is 4.72. The highest BCUT2D eigenvalue weighted by Crippen LogP contribution is 2.33. The van der Waals surface area contributed by atoms with Gasteiger partial charge in [0.05, 0.1) is 19.8 Å². The van der Waals surface area contributed by atoms with E-state index >= 15 is 0 Å². The standard InChI is InChI=1S/C14H20BrNO2/c1-10(2)16-4-6-17-9-12-8-13(15)7-11-3-5-18-14(11)12/h7-8,10,16H,3-6,9H2,1-2H3. The lowest BCUT2D eigenvalue weighted by molar-refractivity contribution is 0.119. The first-order valence-corrected chi connectivity index (χ1v) is 7.21. The van der Waals surface area contributed by atoms with Crippen LogP contribution in [0, 0.1) is 0 Å². The SMILES string of the molecule is CC(C)NCCOCc1cc(Br)cc2c1OCC2. The molecule has 0 unspecified atom stereocenters. The third kappa shape index (κ3) is 3.70. The van der Waals surface area contributed by atoms with Crippen LogP contribution in [0.15, 0.2) is 16.6 Å². The summed E-state index contributed by atoms with van der Waals surface area (Å²) in [6.07, 6.45) is 0.997. The molecule has 0 amide bonds. The Balaban J connectivity index is 1.86. The number of benzene rings is 1. The Kier molecular flexibility index (Phi) is 5.03. The van der Waals surface area contributed by atoms with Crippen LogP contribution in [0.3, 0.4) is 0 Å². The zero-order chi connectivity index (χ0) is 13.0. The van der Waals surface area contributed by atoms with E-state index in [-0.39, 0.29) is 0 Å². The Morgan fingerprint density at radius 2 is 2.28 bits per heavy atom. The van der Waals surface area contributed by atoms with Crippen LogP contribution in [0.25, 0.3) is 0 Å². The molecule has 0 fully saturated rings. The highest BCUT2D eigenvalue weighted by molar-refractivity contribution is 9.10. The lowest BCUT2D eigenvalue weighted by Crippen LogP contribution is -2.26. The zero-order valence-electron chi connectivity index (χ0n) is 11.0. The van der Waals surface area contributed by atoms with Gasteiger partial charge in [-0.3, -0.25) is 0 Å². The molecular formula is C14H20BrNO2. The first-order valence-electron chi connectivity index (χ1n) is 6.42. The van der Waals surface area contributed by atoms with E-state index in [9.17, 15) is 0 Å². The molecule has 0 saturated carbocycles. The minimum Gasteiger partial charge on any atom is -0.493 e. The van der Waals surface area contributed by atoms with Crippen LogP contribution in [-0.4, -0.2) is 25.8 Å². The van der Waals surface area contributed by atoms with Crippen molar-refractivity contribution in [1.82, 2.24) is 5.32 Å². The van der Waals surface area contributed by atoms with E-state index in [4.69, 9.17) is 9.47 Å². The summed E-state index contributed by atoms with van der Waals surface area (Å²) in [7, 11) is 0. The predicted molar refractivity (Wildman–Crippen MR) is 76.1 cm³/mol. The zero-order valence-corrected chi connectivity index (χ0v) is 12.5. The Bertz CT molecular complexity index is 407. The van der Waals surface area contributed by atoms with Crippen molar-refractivity contribution in [3.05, 3.63) is 27.7 Å². The van der Waals surface area contributed by atoms with Gasteiger partial charge in [0.25, 0.3) is 0 Å². The molecule has 0 atom stereocenters. The smallest absolute Gasteiger partial charge is 0.128 e. The van der Waals surface area contributed by atoms with Gasteiger partial charge in [0.1, 0.15) is 5.75 Å².